The summed E-state index contributed by atoms with van der Waals surface area (Å²) in [7, 11) is 0. The number of carbonyl (C=O) groups excluding carboxylic acids is 1. The first kappa shape index (κ1) is 16.4. The van der Waals surface area contributed by atoms with E-state index in [0.29, 0.717) is 11.1 Å². The van der Waals surface area contributed by atoms with E-state index in [0.717, 1.165) is 4.88 Å². The lowest BCUT2D eigenvalue weighted by Crippen LogP contribution is -2.37. The molecule has 2 N–H and O–H groups in total. The zero-order valence-corrected chi connectivity index (χ0v) is 13.3. The van der Waals surface area contributed by atoms with Crippen LogP contribution in [0.4, 0.5) is 4.39 Å². The fourth-order valence-electron chi connectivity index (χ4n) is 2.04. The summed E-state index contributed by atoms with van der Waals surface area (Å²) in [5, 5.41) is 14.9. The molecule has 1 unspecified atom stereocenters. The molecular weight excluding hydrogens is 301 g/mol. The molecule has 1 atom stereocenters. The number of thiophene rings is 1. The maximum absolute atomic E-state index is 13.6. The van der Waals surface area contributed by atoms with Crippen molar-refractivity contribution in [2.45, 2.75) is 19.4 Å². The molecule has 0 fully saturated rings. The first-order chi connectivity index (χ1) is 10.4. The van der Waals surface area contributed by atoms with Crippen molar-refractivity contribution >= 4 is 22.8 Å². The van der Waals surface area contributed by atoms with Crippen LogP contribution in [0.3, 0.4) is 0 Å². The van der Waals surface area contributed by atoms with Crippen molar-refractivity contribution < 1.29 is 14.3 Å². The van der Waals surface area contributed by atoms with Gasteiger partial charge >= 0.3 is 0 Å². The standard InChI is InChI=1S/C17H18FNO2S/c1-12(13-6-3-4-7-14(13)18)10-16(20)19-11-17(2,21)15-8-5-9-22-15/h3-10,21H,11H2,1-2H3,(H,19,20). The Hall–Kier alpha value is -1.98. The fourth-order valence-corrected chi connectivity index (χ4v) is 2.82. The van der Waals surface area contributed by atoms with E-state index >= 15 is 0 Å². The molecule has 1 amide bonds. The summed E-state index contributed by atoms with van der Waals surface area (Å²) in [6, 6.07) is 9.96. The molecule has 5 heteroatoms. The Bertz CT molecular complexity index is 678. The van der Waals surface area contributed by atoms with E-state index in [1.165, 1.54) is 23.5 Å². The van der Waals surface area contributed by atoms with Crippen LogP contribution < -0.4 is 5.32 Å². The van der Waals surface area contributed by atoms with E-state index in [4.69, 9.17) is 0 Å². The molecule has 0 aliphatic carbocycles. The number of amides is 1. The van der Waals surface area contributed by atoms with Crippen molar-refractivity contribution in [3.8, 4) is 0 Å². The second-order valence-corrected chi connectivity index (χ2v) is 6.22. The number of carbonyl (C=O) groups is 1. The Morgan fingerprint density at radius 3 is 2.73 bits per heavy atom. The molecule has 0 bridgehead atoms. The van der Waals surface area contributed by atoms with Gasteiger partial charge in [-0.05, 0) is 36.9 Å². The maximum atomic E-state index is 13.6. The van der Waals surface area contributed by atoms with Crippen molar-refractivity contribution in [2.24, 2.45) is 0 Å². The number of halogens is 1. The van der Waals surface area contributed by atoms with Gasteiger partial charge in [-0.15, -0.1) is 11.3 Å². The Morgan fingerprint density at radius 2 is 2.09 bits per heavy atom. The third kappa shape index (κ3) is 4.02. The number of nitrogens with one attached hydrogen (secondary N) is 1. The summed E-state index contributed by atoms with van der Waals surface area (Å²) in [4.78, 5) is 12.7. The molecule has 0 aliphatic rings. The Labute approximate surface area is 133 Å². The molecule has 0 saturated heterocycles. The number of hydrogen-bond acceptors (Lipinski definition) is 3. The first-order valence-corrected chi connectivity index (χ1v) is 7.75. The Morgan fingerprint density at radius 1 is 1.36 bits per heavy atom. The van der Waals surface area contributed by atoms with Gasteiger partial charge in [-0.25, -0.2) is 4.39 Å². The van der Waals surface area contributed by atoms with Crippen molar-refractivity contribution in [2.75, 3.05) is 6.54 Å². The monoisotopic (exact) mass is 319 g/mol. The summed E-state index contributed by atoms with van der Waals surface area (Å²) < 4.78 is 13.6. The van der Waals surface area contributed by atoms with Gasteiger partial charge in [0, 0.05) is 16.5 Å². The summed E-state index contributed by atoms with van der Waals surface area (Å²) in [6.07, 6.45) is 1.34. The van der Waals surface area contributed by atoms with Crippen molar-refractivity contribution in [1.29, 1.82) is 0 Å². The third-order valence-corrected chi connectivity index (χ3v) is 4.43. The Balaban J connectivity index is 2.01. The minimum atomic E-state index is -1.12. The molecule has 116 valence electrons. The smallest absolute Gasteiger partial charge is 0.244 e. The van der Waals surface area contributed by atoms with Crippen molar-refractivity contribution in [1.82, 2.24) is 5.32 Å². The molecule has 3 nitrogen and oxygen atoms in total. The molecule has 1 aromatic heterocycles. The number of allylic oxidation sites excluding steroid dienone is 1. The largest absolute Gasteiger partial charge is 0.383 e. The quantitative estimate of drug-likeness (QED) is 0.831. The van der Waals surface area contributed by atoms with Crippen LogP contribution >= 0.6 is 11.3 Å². The van der Waals surface area contributed by atoms with Gasteiger partial charge in [-0.3, -0.25) is 4.79 Å². The lowest BCUT2D eigenvalue weighted by Gasteiger charge is -2.21. The van der Waals surface area contributed by atoms with Crippen LogP contribution in [0.5, 0.6) is 0 Å². The highest BCUT2D eigenvalue weighted by Gasteiger charge is 2.24. The number of benzene rings is 1. The average Bonchev–Trinajstić information content (AvgIpc) is 3.00. The van der Waals surface area contributed by atoms with Crippen LogP contribution in [-0.2, 0) is 10.4 Å². The average molecular weight is 319 g/mol. The van der Waals surface area contributed by atoms with Crippen molar-refractivity contribution in [3.05, 3.63) is 64.1 Å². The second-order valence-electron chi connectivity index (χ2n) is 5.28. The van der Waals surface area contributed by atoms with Crippen molar-refractivity contribution in [3.63, 3.8) is 0 Å². The first-order valence-electron chi connectivity index (χ1n) is 6.87. The van der Waals surface area contributed by atoms with E-state index < -0.39 is 5.60 Å². The van der Waals surface area contributed by atoms with E-state index in [1.807, 2.05) is 17.5 Å². The molecule has 1 aromatic carbocycles. The number of hydrogen-bond donors (Lipinski definition) is 2. The maximum Gasteiger partial charge on any atom is 0.244 e. The van der Waals surface area contributed by atoms with Crippen LogP contribution in [0.1, 0.15) is 24.3 Å². The summed E-state index contributed by atoms with van der Waals surface area (Å²) in [5.74, 6) is -0.729. The minimum Gasteiger partial charge on any atom is -0.383 e. The second kappa shape index (κ2) is 6.85. The van der Waals surface area contributed by atoms with Gasteiger partial charge in [-0.2, -0.15) is 0 Å². The molecule has 22 heavy (non-hydrogen) atoms. The zero-order chi connectivity index (χ0) is 16.2. The van der Waals surface area contributed by atoms with Gasteiger partial charge in [0.1, 0.15) is 11.4 Å². The van der Waals surface area contributed by atoms with Gasteiger partial charge in [0.2, 0.25) is 5.91 Å². The Kier molecular flexibility index (Phi) is 5.11. The van der Waals surface area contributed by atoms with E-state index in [1.54, 1.807) is 32.0 Å². The van der Waals surface area contributed by atoms with Gasteiger partial charge < -0.3 is 10.4 Å². The third-order valence-electron chi connectivity index (χ3n) is 3.31. The van der Waals surface area contributed by atoms with Crippen LogP contribution in [0.25, 0.3) is 5.57 Å². The number of aliphatic hydroxyl groups is 1. The van der Waals surface area contributed by atoms with Crippen LogP contribution in [0.15, 0.2) is 47.9 Å². The SMILES string of the molecule is CC(=CC(=O)NCC(C)(O)c1cccs1)c1ccccc1F. The molecular formula is C17H18FNO2S. The molecule has 2 aromatic rings. The molecule has 0 saturated carbocycles. The highest BCUT2D eigenvalue weighted by molar-refractivity contribution is 7.10. The highest BCUT2D eigenvalue weighted by atomic mass is 32.1. The van der Waals surface area contributed by atoms with Crippen LogP contribution in [0.2, 0.25) is 0 Å². The summed E-state index contributed by atoms with van der Waals surface area (Å²) >= 11 is 1.43. The van der Waals surface area contributed by atoms with E-state index in [2.05, 4.69) is 5.32 Å². The molecule has 0 spiro atoms. The molecule has 2 rings (SSSR count). The number of rotatable bonds is 5. The zero-order valence-electron chi connectivity index (χ0n) is 12.5. The lowest BCUT2D eigenvalue weighted by atomic mass is 10.0. The fraction of sp³-hybridized carbons (Fsp3) is 0.235. The minimum absolute atomic E-state index is 0.0907. The highest BCUT2D eigenvalue weighted by Crippen LogP contribution is 2.24. The molecule has 0 aliphatic heterocycles. The normalized spacial score (nSPS) is 14.5. The van der Waals surface area contributed by atoms with Gasteiger partial charge in [0.25, 0.3) is 0 Å². The summed E-state index contributed by atoms with van der Waals surface area (Å²) in [6.45, 7) is 3.41. The van der Waals surface area contributed by atoms with Gasteiger partial charge in [0.15, 0.2) is 0 Å². The van der Waals surface area contributed by atoms with Gasteiger partial charge in [0.05, 0.1) is 6.54 Å². The molecule has 1 heterocycles. The van der Waals surface area contributed by atoms with Gasteiger partial charge in [-0.1, -0.05) is 24.3 Å². The van der Waals surface area contributed by atoms with Crippen LogP contribution in [0, 0.1) is 5.82 Å². The molecule has 0 radical (unpaired) electrons. The summed E-state index contributed by atoms with van der Waals surface area (Å²) in [5.41, 5.74) is -0.196. The van der Waals surface area contributed by atoms with E-state index in [-0.39, 0.29) is 18.3 Å². The van der Waals surface area contributed by atoms with Crippen LogP contribution in [-0.4, -0.2) is 17.6 Å². The lowest BCUT2D eigenvalue weighted by molar-refractivity contribution is -0.117. The topological polar surface area (TPSA) is 49.3 Å². The predicted molar refractivity (Wildman–Crippen MR) is 87.0 cm³/mol. The predicted octanol–water partition coefficient (Wildman–Crippen LogP) is 3.31. The van der Waals surface area contributed by atoms with E-state index in [9.17, 15) is 14.3 Å².